The molecule has 0 aliphatic carbocycles. The normalized spacial score (nSPS) is 16.2. The lowest BCUT2D eigenvalue weighted by molar-refractivity contribution is -0.157. The number of nitrogens with one attached hydrogen (secondary N) is 2. The zero-order chi connectivity index (χ0) is 59.1. The summed E-state index contributed by atoms with van der Waals surface area (Å²) in [5.74, 6) is -8.96. The van der Waals surface area contributed by atoms with Gasteiger partial charge in [0.15, 0.2) is 23.1 Å². The molecular weight excluding hydrogens is 973 g/mol. The smallest absolute Gasteiger partial charge is 0.302 e. The maximum atomic E-state index is 14.8. The van der Waals surface area contributed by atoms with Crippen molar-refractivity contribution in [3.05, 3.63) is 12.2 Å². The van der Waals surface area contributed by atoms with Crippen LogP contribution >= 0.6 is 0 Å². The molecule has 0 saturated heterocycles. The Labute approximate surface area is 456 Å². The molecule has 0 heterocycles. The Morgan fingerprint density at radius 3 is 1.58 bits per heavy atom. The number of ketones is 4. The zero-order valence-corrected chi connectivity index (χ0v) is 50.0. The summed E-state index contributed by atoms with van der Waals surface area (Å²) in [6.07, 6.45) is 3.44. The number of aliphatic hydroxyl groups is 1. The van der Waals surface area contributed by atoms with Crippen molar-refractivity contribution >= 4 is 58.6 Å². The number of aliphatic hydroxyl groups excluding tert-OH is 1. The van der Waals surface area contributed by atoms with Crippen molar-refractivity contribution in [2.75, 3.05) is 27.7 Å². The van der Waals surface area contributed by atoms with Gasteiger partial charge in [-0.25, -0.2) is 0 Å². The number of ether oxygens (including phenoxy) is 1. The molecule has 436 valence electrons. The van der Waals surface area contributed by atoms with E-state index in [0.29, 0.717) is 12.8 Å². The first-order valence-electron chi connectivity index (χ1n) is 27.9. The molecule has 5 amide bonds. The average Bonchev–Trinajstić information content (AvgIpc) is 3.33. The number of carbonyl (C=O) groups excluding carboxylic acids is 10. The van der Waals surface area contributed by atoms with Crippen LogP contribution in [0.1, 0.15) is 175 Å². The third-order valence-electron chi connectivity index (χ3n) is 14.2. The van der Waals surface area contributed by atoms with E-state index in [1.165, 1.54) is 42.6 Å². The lowest BCUT2D eigenvalue weighted by atomic mass is 9.82. The minimum absolute atomic E-state index is 0.0255. The van der Waals surface area contributed by atoms with Crippen molar-refractivity contribution in [1.82, 2.24) is 25.3 Å². The van der Waals surface area contributed by atoms with Crippen LogP contribution < -0.4 is 16.4 Å². The van der Waals surface area contributed by atoms with Gasteiger partial charge in [0.25, 0.3) is 0 Å². The number of Topliss-reactive ketones (excluding diaryl/α,β-unsaturated/α-hetero) is 4. The molecule has 0 aliphatic heterocycles. The summed E-state index contributed by atoms with van der Waals surface area (Å²) >= 11 is 0. The summed E-state index contributed by atoms with van der Waals surface area (Å²) in [5, 5.41) is 14.9. The lowest BCUT2D eigenvalue weighted by Gasteiger charge is -2.36. The molecule has 0 fully saturated rings. The fraction of sp³-hybridized carbons (Fsp3) is 0.793. The van der Waals surface area contributed by atoms with E-state index in [-0.39, 0.29) is 98.5 Å². The Balaban J connectivity index is 6.85. The third-order valence-corrected chi connectivity index (χ3v) is 14.2. The van der Waals surface area contributed by atoms with Crippen molar-refractivity contribution in [1.29, 1.82) is 0 Å². The largest absolute Gasteiger partial charge is 0.461 e. The van der Waals surface area contributed by atoms with E-state index in [1.807, 2.05) is 74.5 Å². The molecule has 11 atom stereocenters. The molecule has 5 N–H and O–H groups in total. The molecule has 18 heteroatoms. The van der Waals surface area contributed by atoms with Crippen LogP contribution in [0, 0.1) is 53.3 Å². The van der Waals surface area contributed by atoms with E-state index < -0.39 is 114 Å². The van der Waals surface area contributed by atoms with Crippen molar-refractivity contribution in [2.24, 2.45) is 59.0 Å². The molecule has 0 saturated carbocycles. The number of nitrogens with zero attached hydrogens (tertiary/aromatic N) is 3. The van der Waals surface area contributed by atoms with Gasteiger partial charge in [-0.1, -0.05) is 102 Å². The SMILES string of the molecule is C/C=C/C[C@@H](C)[C@@H](OC(C)=O)[C@H](CC(=O)[C@H](C(C)C)N(C)C(=O)[C@@H](CC(=O)[C@H](CC(C)C)N(C)C(=O)[C@@H](C)NC(=O)[C@H](C)CC(=O)[C@@H](CC(C)C)N(C)C(=O)[C@@H](N)C(C)C)CC(C)C)C(=O)N[C@@H](CC)C(=O)CCCO. The topological polar surface area (TPSA) is 260 Å². The van der Waals surface area contributed by atoms with E-state index in [2.05, 4.69) is 10.6 Å². The van der Waals surface area contributed by atoms with E-state index in [1.54, 1.807) is 41.7 Å². The van der Waals surface area contributed by atoms with Crippen LogP contribution in [-0.2, 0) is 52.7 Å². The highest BCUT2D eigenvalue weighted by atomic mass is 16.5. The summed E-state index contributed by atoms with van der Waals surface area (Å²) in [6.45, 7) is 28.1. The van der Waals surface area contributed by atoms with Gasteiger partial charge in [-0.2, -0.15) is 0 Å². The number of rotatable bonds is 37. The number of nitrogens with two attached hydrogens (primary N) is 1. The van der Waals surface area contributed by atoms with Gasteiger partial charge in [-0.3, -0.25) is 47.9 Å². The van der Waals surface area contributed by atoms with Gasteiger partial charge < -0.3 is 40.9 Å². The Morgan fingerprint density at radius 2 is 1.13 bits per heavy atom. The van der Waals surface area contributed by atoms with Crippen LogP contribution in [0.3, 0.4) is 0 Å². The minimum Gasteiger partial charge on any atom is -0.461 e. The fourth-order valence-corrected chi connectivity index (χ4v) is 9.75. The van der Waals surface area contributed by atoms with Crippen LogP contribution in [0.15, 0.2) is 12.2 Å². The highest BCUT2D eigenvalue weighted by Crippen LogP contribution is 2.30. The van der Waals surface area contributed by atoms with Gasteiger partial charge in [0, 0.05) is 72.2 Å². The van der Waals surface area contributed by atoms with Gasteiger partial charge in [-0.15, -0.1) is 0 Å². The average molecular weight is 1080 g/mol. The molecule has 76 heavy (non-hydrogen) atoms. The molecule has 0 aliphatic rings. The van der Waals surface area contributed by atoms with E-state index in [4.69, 9.17) is 10.5 Å². The predicted molar refractivity (Wildman–Crippen MR) is 296 cm³/mol. The third kappa shape index (κ3) is 23.4. The molecular formula is C58H102N6O12. The number of likely N-dealkylation sites (N-methyl/N-ethyl adjacent to an activating group) is 3. The highest BCUT2D eigenvalue weighted by Gasteiger charge is 2.43. The van der Waals surface area contributed by atoms with Crippen LogP contribution in [0.4, 0.5) is 0 Å². The standard InChI is InChI=1S/C58H102N6O12/c1-20-22-24-38(13)53(76-41(16)66)43(55(72)61-44(21-2)47(67)25-23-26-65)32-50(70)52(37(11)12)64(19)57(74)42(27-33(3)4)31-49(69)46(29-35(7)8)62(17)56(73)40(15)60-54(71)39(14)30-48(68)45(28-34(5)6)63(18)58(75)51(59)36(9)10/h20,22,33-40,42-46,51-53,65H,21,23-32,59H2,1-19H3,(H,60,71)(H,61,72)/b22-20+/t38-,39-,40-,42-,43+,44+,45-,46+,51+,52+,53-/m1/s1. The lowest BCUT2D eigenvalue weighted by Crippen LogP contribution is -2.54. The van der Waals surface area contributed by atoms with E-state index in [0.717, 1.165) is 0 Å². The number of hydrogen-bond acceptors (Lipinski definition) is 13. The van der Waals surface area contributed by atoms with Crippen molar-refractivity contribution in [3.63, 3.8) is 0 Å². The Bertz CT molecular complexity index is 1950. The van der Waals surface area contributed by atoms with Gasteiger partial charge in [-0.05, 0) is 87.9 Å². The van der Waals surface area contributed by atoms with Gasteiger partial charge in [0.2, 0.25) is 29.5 Å². The van der Waals surface area contributed by atoms with E-state index in [9.17, 15) is 53.1 Å². The first-order chi connectivity index (χ1) is 35.2. The Hall–Kier alpha value is -4.84. The molecule has 0 radical (unpaired) electrons. The summed E-state index contributed by atoms with van der Waals surface area (Å²) in [6, 6.07) is -5.71. The molecule has 0 aromatic rings. The van der Waals surface area contributed by atoms with Crippen molar-refractivity contribution in [2.45, 2.75) is 217 Å². The molecule has 0 aromatic carbocycles. The van der Waals surface area contributed by atoms with Crippen LogP contribution in [0.2, 0.25) is 0 Å². The predicted octanol–water partition coefficient (Wildman–Crippen LogP) is 6.27. The molecule has 0 spiro atoms. The highest BCUT2D eigenvalue weighted by molar-refractivity contribution is 5.98. The number of amides is 5. The first kappa shape index (κ1) is 71.2. The number of carbonyl (C=O) groups is 10. The maximum absolute atomic E-state index is 14.8. The van der Waals surface area contributed by atoms with Crippen LogP contribution in [-0.4, -0.2) is 149 Å². The summed E-state index contributed by atoms with van der Waals surface area (Å²) in [5.41, 5.74) is 6.15. The van der Waals surface area contributed by atoms with Gasteiger partial charge in [0.1, 0.15) is 12.1 Å². The summed E-state index contributed by atoms with van der Waals surface area (Å²) in [4.78, 5) is 143. The summed E-state index contributed by atoms with van der Waals surface area (Å²) < 4.78 is 5.80. The summed E-state index contributed by atoms with van der Waals surface area (Å²) in [7, 11) is 4.52. The van der Waals surface area contributed by atoms with E-state index >= 15 is 0 Å². The number of esters is 1. The fourth-order valence-electron chi connectivity index (χ4n) is 9.75. The minimum atomic E-state index is -1.25. The molecule has 0 unspecified atom stereocenters. The van der Waals surface area contributed by atoms with Gasteiger partial charge in [0.05, 0.1) is 36.1 Å². The molecule has 0 bridgehead atoms. The number of allylic oxidation sites excluding steroid dienone is 2. The van der Waals surface area contributed by atoms with Crippen LogP contribution in [0.5, 0.6) is 0 Å². The van der Waals surface area contributed by atoms with Crippen molar-refractivity contribution < 1.29 is 57.8 Å². The Morgan fingerprint density at radius 1 is 0.618 bits per heavy atom. The first-order valence-corrected chi connectivity index (χ1v) is 27.9. The second kappa shape index (κ2) is 34.8. The second-order valence-electron chi connectivity index (χ2n) is 23.3. The maximum Gasteiger partial charge on any atom is 0.302 e. The second-order valence-corrected chi connectivity index (χ2v) is 23.3. The molecule has 0 rings (SSSR count). The Kier molecular flexibility index (Phi) is 32.6. The van der Waals surface area contributed by atoms with Crippen LogP contribution in [0.25, 0.3) is 0 Å². The molecule has 18 nitrogen and oxygen atoms in total. The molecule has 0 aromatic heterocycles. The van der Waals surface area contributed by atoms with Gasteiger partial charge >= 0.3 is 5.97 Å². The zero-order valence-electron chi connectivity index (χ0n) is 50.0. The number of hydrogen-bond donors (Lipinski definition) is 4. The monoisotopic (exact) mass is 1070 g/mol. The quantitative estimate of drug-likeness (QED) is 0.0396. The van der Waals surface area contributed by atoms with Crippen molar-refractivity contribution in [3.8, 4) is 0 Å².